The molecule has 1 fully saturated rings. The summed E-state index contributed by atoms with van der Waals surface area (Å²) in [4.78, 5) is 26.9. The molecule has 11 nitrogen and oxygen atoms in total. The largest absolute Gasteiger partial charge is 0.334 e. The Morgan fingerprint density at radius 1 is 1.14 bits per heavy atom. The minimum atomic E-state index is -1.50. The Bertz CT molecular complexity index is 229. The number of nitro groups is 2. The van der Waals surface area contributed by atoms with Gasteiger partial charge >= 0.3 is 12.2 Å². The van der Waals surface area contributed by atoms with Gasteiger partial charge in [-0.25, -0.2) is 5.32 Å². The molecule has 1 aliphatic rings. The zero-order chi connectivity index (χ0) is 11.3. The monoisotopic (exact) mass is 210 g/mol. The van der Waals surface area contributed by atoms with Gasteiger partial charge in [-0.3, -0.25) is 20.2 Å². The van der Waals surface area contributed by atoms with Crippen molar-refractivity contribution < 1.29 is 20.1 Å². The maximum absolute atomic E-state index is 9.96. The Balaban J connectivity index is 0.000000364. The van der Waals surface area contributed by atoms with E-state index in [-0.39, 0.29) is 6.54 Å². The smallest absolute Gasteiger partial charge is 0.328 e. The van der Waals surface area contributed by atoms with E-state index in [4.69, 9.17) is 15.3 Å². The minimum absolute atomic E-state index is 0.0959. The summed E-state index contributed by atoms with van der Waals surface area (Å²) in [5.74, 6) is 0. The van der Waals surface area contributed by atoms with Gasteiger partial charge < -0.3 is 5.21 Å². The minimum Gasteiger partial charge on any atom is -0.328 e. The molecule has 0 spiro atoms. The van der Waals surface area contributed by atoms with E-state index in [1.165, 1.54) is 0 Å². The standard InChI is InChI=1S/C3H5N3O4.HNO3/c7-5(8)2-1-4-3(2)6(9)10;2-1(3)4/h2-4H,1H2;(H,2,3,4). The third-order valence-electron chi connectivity index (χ3n) is 1.40. The number of nitrogens with zero attached hydrogens (tertiary/aromatic N) is 3. The molecule has 0 saturated carbocycles. The second-order valence-electron chi connectivity index (χ2n) is 2.23. The first-order chi connectivity index (χ1) is 6.36. The zero-order valence-electron chi connectivity index (χ0n) is 6.60. The van der Waals surface area contributed by atoms with E-state index < -0.39 is 27.1 Å². The average Bonchev–Trinajstić information content (AvgIpc) is 1.77. The lowest BCUT2D eigenvalue weighted by molar-refractivity contribution is -0.742. The molecule has 2 unspecified atom stereocenters. The predicted octanol–water partition coefficient (Wildman–Crippen LogP) is -1.51. The quantitative estimate of drug-likeness (QED) is 0.410. The van der Waals surface area contributed by atoms with Crippen molar-refractivity contribution in [3.8, 4) is 0 Å². The summed E-state index contributed by atoms with van der Waals surface area (Å²) in [5, 5.41) is 35.9. The molecule has 0 aromatic carbocycles. The fraction of sp³-hybridized carbons (Fsp3) is 1.00. The summed E-state index contributed by atoms with van der Waals surface area (Å²) in [6, 6.07) is -1.05. The van der Waals surface area contributed by atoms with Gasteiger partial charge in [-0.2, -0.15) is 0 Å². The first-order valence-corrected chi connectivity index (χ1v) is 3.20. The highest BCUT2D eigenvalue weighted by molar-refractivity contribution is 4.79. The van der Waals surface area contributed by atoms with Crippen molar-refractivity contribution in [2.75, 3.05) is 6.54 Å². The second-order valence-corrected chi connectivity index (χ2v) is 2.23. The molecule has 0 aromatic heterocycles. The molecule has 1 saturated heterocycles. The average molecular weight is 210 g/mol. The first kappa shape index (κ1) is 12.0. The molecule has 0 amide bonds. The summed E-state index contributed by atoms with van der Waals surface area (Å²) >= 11 is 0. The first-order valence-electron chi connectivity index (χ1n) is 3.20. The molecule has 2 N–H and O–H groups in total. The van der Waals surface area contributed by atoms with Crippen LogP contribution in [0.3, 0.4) is 0 Å². The molecule has 11 heteroatoms. The van der Waals surface area contributed by atoms with Gasteiger partial charge in [0, 0.05) is 9.85 Å². The van der Waals surface area contributed by atoms with Crippen molar-refractivity contribution in [3.05, 3.63) is 30.3 Å². The van der Waals surface area contributed by atoms with Crippen molar-refractivity contribution >= 4 is 0 Å². The molecule has 14 heavy (non-hydrogen) atoms. The number of nitrogens with one attached hydrogen (secondary N) is 1. The molecule has 2 atom stereocenters. The zero-order valence-corrected chi connectivity index (χ0v) is 6.60. The van der Waals surface area contributed by atoms with E-state index >= 15 is 0 Å². The van der Waals surface area contributed by atoms with Crippen LogP contribution < -0.4 is 5.32 Å². The van der Waals surface area contributed by atoms with Gasteiger partial charge in [0.05, 0.1) is 6.54 Å². The van der Waals surface area contributed by atoms with Crippen molar-refractivity contribution in [2.24, 2.45) is 0 Å². The molecule has 0 aromatic rings. The Hall–Kier alpha value is -2.04. The molecule has 1 heterocycles. The lowest BCUT2D eigenvalue weighted by Crippen LogP contribution is -2.64. The maximum atomic E-state index is 9.96. The normalized spacial score (nSPS) is 23.7. The third kappa shape index (κ3) is 3.57. The van der Waals surface area contributed by atoms with E-state index in [0.717, 1.165) is 0 Å². The molecule has 0 bridgehead atoms. The highest BCUT2D eigenvalue weighted by atomic mass is 16.9. The Labute approximate surface area is 75.7 Å². The molecule has 1 rings (SSSR count). The van der Waals surface area contributed by atoms with Crippen LogP contribution in [0.25, 0.3) is 0 Å². The highest BCUT2D eigenvalue weighted by Crippen LogP contribution is 2.07. The molecule has 1 aliphatic heterocycles. The van der Waals surface area contributed by atoms with Crippen LogP contribution in [0.5, 0.6) is 0 Å². The predicted molar refractivity (Wildman–Crippen MR) is 38.3 cm³/mol. The lowest BCUT2D eigenvalue weighted by atomic mass is 10.1. The summed E-state index contributed by atoms with van der Waals surface area (Å²) < 4.78 is 0. The molecule has 0 aliphatic carbocycles. The van der Waals surface area contributed by atoms with Crippen molar-refractivity contribution in [3.63, 3.8) is 0 Å². The topological polar surface area (TPSA) is 162 Å². The van der Waals surface area contributed by atoms with E-state index in [1.54, 1.807) is 0 Å². The van der Waals surface area contributed by atoms with Gasteiger partial charge in [-0.15, -0.1) is 10.1 Å². The van der Waals surface area contributed by atoms with Crippen molar-refractivity contribution in [1.82, 2.24) is 5.32 Å². The number of hydrogen-bond donors (Lipinski definition) is 2. The third-order valence-corrected chi connectivity index (χ3v) is 1.40. The van der Waals surface area contributed by atoms with Crippen LogP contribution in [0.4, 0.5) is 0 Å². The maximum Gasteiger partial charge on any atom is 0.334 e. The summed E-state index contributed by atoms with van der Waals surface area (Å²) in [5.41, 5.74) is 0. The fourth-order valence-corrected chi connectivity index (χ4v) is 0.734. The van der Waals surface area contributed by atoms with Gasteiger partial charge in [0.1, 0.15) is 0 Å². The number of hydrogen-bond acceptors (Lipinski definition) is 7. The molecular weight excluding hydrogens is 204 g/mol. The van der Waals surface area contributed by atoms with Crippen LogP contribution in [0.15, 0.2) is 0 Å². The number of rotatable bonds is 2. The van der Waals surface area contributed by atoms with Crippen molar-refractivity contribution in [1.29, 1.82) is 0 Å². The Kier molecular flexibility index (Phi) is 4.15. The van der Waals surface area contributed by atoms with Gasteiger partial charge in [0.15, 0.2) is 0 Å². The molecule has 0 radical (unpaired) electrons. The summed E-state index contributed by atoms with van der Waals surface area (Å²) in [6.07, 6.45) is -1.19. The van der Waals surface area contributed by atoms with Gasteiger partial charge in [-0.1, -0.05) is 0 Å². The van der Waals surface area contributed by atoms with E-state index in [9.17, 15) is 20.2 Å². The van der Waals surface area contributed by atoms with Crippen molar-refractivity contribution in [2.45, 2.75) is 12.2 Å². The summed E-state index contributed by atoms with van der Waals surface area (Å²) in [6.45, 7) is 0.0959. The van der Waals surface area contributed by atoms with Crippen LogP contribution in [-0.4, -0.2) is 38.9 Å². The summed E-state index contributed by atoms with van der Waals surface area (Å²) in [7, 11) is 0. The van der Waals surface area contributed by atoms with E-state index in [0.29, 0.717) is 0 Å². The van der Waals surface area contributed by atoms with Crippen LogP contribution in [0.1, 0.15) is 0 Å². The molecular formula is C3H6N4O7. The lowest BCUT2D eigenvalue weighted by Gasteiger charge is -2.22. The van der Waals surface area contributed by atoms with Gasteiger partial charge in [-0.05, 0) is 0 Å². The second kappa shape index (κ2) is 4.86. The van der Waals surface area contributed by atoms with Crippen LogP contribution in [0.2, 0.25) is 0 Å². The highest BCUT2D eigenvalue weighted by Gasteiger charge is 2.49. The van der Waals surface area contributed by atoms with E-state index in [1.807, 2.05) is 0 Å². The van der Waals surface area contributed by atoms with Crippen LogP contribution >= 0.6 is 0 Å². The van der Waals surface area contributed by atoms with Gasteiger partial charge in [0.25, 0.3) is 5.09 Å². The van der Waals surface area contributed by atoms with Crippen LogP contribution in [-0.2, 0) is 0 Å². The molecule has 80 valence electrons. The fourth-order valence-electron chi connectivity index (χ4n) is 0.734. The Morgan fingerprint density at radius 3 is 1.64 bits per heavy atom. The van der Waals surface area contributed by atoms with E-state index in [2.05, 4.69) is 5.32 Å². The van der Waals surface area contributed by atoms with Crippen LogP contribution in [0, 0.1) is 30.3 Å². The van der Waals surface area contributed by atoms with Gasteiger partial charge in [0.2, 0.25) is 0 Å². The SMILES string of the molecule is O=[N+]([O-])C1CNC1[N+](=O)[O-].O=[N+]([O-])O. The Morgan fingerprint density at radius 2 is 1.57 bits per heavy atom.